The number of nitrogens with one attached hydrogen (secondary N) is 1. The lowest BCUT2D eigenvalue weighted by molar-refractivity contribution is -0.124. The summed E-state index contributed by atoms with van der Waals surface area (Å²) in [7, 11) is 0. The van der Waals surface area contributed by atoms with E-state index in [9.17, 15) is 9.59 Å². The Labute approximate surface area is 196 Å². The van der Waals surface area contributed by atoms with Gasteiger partial charge >= 0.3 is 0 Å². The fourth-order valence-electron chi connectivity index (χ4n) is 4.16. The minimum atomic E-state index is -0.796. The number of aromatic nitrogens is 2. The zero-order valence-corrected chi connectivity index (χ0v) is 19.3. The zero-order valence-electron chi connectivity index (χ0n) is 19.3. The first-order valence-electron chi connectivity index (χ1n) is 11.2. The molecule has 1 amide bonds. The molecule has 4 aromatic rings. The molecule has 1 aromatic heterocycles. The summed E-state index contributed by atoms with van der Waals surface area (Å²) < 4.78 is 12.0. The van der Waals surface area contributed by atoms with Crippen LogP contribution in [0, 0.1) is 13.8 Å². The van der Waals surface area contributed by atoms with Gasteiger partial charge in [0.15, 0.2) is 11.5 Å². The predicted octanol–water partition coefficient (Wildman–Crippen LogP) is 4.29. The van der Waals surface area contributed by atoms with Gasteiger partial charge in [0.1, 0.15) is 6.04 Å². The molecule has 1 atom stereocenters. The van der Waals surface area contributed by atoms with Crippen LogP contribution in [0.3, 0.4) is 0 Å². The average Bonchev–Trinajstić information content (AvgIpc) is 3.32. The predicted molar refractivity (Wildman–Crippen MR) is 130 cm³/mol. The quantitative estimate of drug-likeness (QED) is 0.486. The number of hydrogen-bond donors (Lipinski definition) is 1. The largest absolute Gasteiger partial charge is 0.454 e. The minimum absolute atomic E-state index is 0.196. The number of hydrogen-bond acceptors (Lipinski definition) is 5. The van der Waals surface area contributed by atoms with Crippen molar-refractivity contribution >= 4 is 16.7 Å². The summed E-state index contributed by atoms with van der Waals surface area (Å²) in [5, 5.41) is 8.91. The maximum atomic E-state index is 13.3. The summed E-state index contributed by atoms with van der Waals surface area (Å²) in [6.07, 6.45) is 0. The van der Waals surface area contributed by atoms with Gasteiger partial charge in [-0.3, -0.25) is 9.59 Å². The lowest BCUT2D eigenvalue weighted by atomic mass is 9.99. The number of amides is 1. The summed E-state index contributed by atoms with van der Waals surface area (Å²) in [6.45, 7) is 6.22. The third-order valence-electron chi connectivity index (χ3n) is 6.13. The molecular formula is C27H25N3O4. The molecule has 7 heteroatoms. The van der Waals surface area contributed by atoms with Crippen molar-refractivity contribution in [1.82, 2.24) is 15.1 Å². The van der Waals surface area contributed by atoms with Crippen molar-refractivity contribution in [2.45, 2.75) is 33.4 Å². The molecule has 0 fully saturated rings. The van der Waals surface area contributed by atoms with Crippen LogP contribution in [0.2, 0.25) is 0 Å². The molecule has 0 spiro atoms. The van der Waals surface area contributed by atoms with Crippen molar-refractivity contribution in [2.75, 3.05) is 6.79 Å². The molecule has 0 saturated heterocycles. The van der Waals surface area contributed by atoms with E-state index in [1.54, 1.807) is 13.0 Å². The molecule has 0 aliphatic carbocycles. The van der Waals surface area contributed by atoms with E-state index in [1.807, 2.05) is 62.4 Å². The minimum Gasteiger partial charge on any atom is -0.454 e. The van der Waals surface area contributed by atoms with Gasteiger partial charge in [-0.15, -0.1) is 0 Å². The third kappa shape index (κ3) is 3.90. The molecule has 0 bridgehead atoms. The van der Waals surface area contributed by atoms with E-state index in [-0.39, 0.29) is 18.3 Å². The maximum absolute atomic E-state index is 13.3. The van der Waals surface area contributed by atoms with Crippen LogP contribution in [-0.4, -0.2) is 22.5 Å². The van der Waals surface area contributed by atoms with E-state index in [4.69, 9.17) is 14.6 Å². The number of benzene rings is 3. The molecule has 1 N–H and O–H groups in total. The molecule has 0 radical (unpaired) electrons. The highest BCUT2D eigenvalue weighted by molar-refractivity contribution is 5.94. The van der Waals surface area contributed by atoms with Crippen molar-refractivity contribution in [2.24, 2.45) is 0 Å². The summed E-state index contributed by atoms with van der Waals surface area (Å²) in [4.78, 5) is 26.3. The van der Waals surface area contributed by atoms with Crippen LogP contribution in [0.1, 0.15) is 29.7 Å². The number of carbonyl (C=O) groups excluding carboxylic acids is 1. The summed E-state index contributed by atoms with van der Waals surface area (Å²) in [5.41, 5.74) is 4.35. The van der Waals surface area contributed by atoms with Crippen molar-refractivity contribution in [3.63, 3.8) is 0 Å². The summed E-state index contributed by atoms with van der Waals surface area (Å²) in [6, 6.07) is 18.3. The Balaban J connectivity index is 1.49. The lowest BCUT2D eigenvalue weighted by Crippen LogP contribution is -2.37. The molecule has 1 aliphatic heterocycles. The Morgan fingerprint density at radius 1 is 1.03 bits per heavy atom. The summed E-state index contributed by atoms with van der Waals surface area (Å²) >= 11 is 0. The van der Waals surface area contributed by atoms with E-state index in [0.717, 1.165) is 27.6 Å². The van der Waals surface area contributed by atoms with Crippen LogP contribution in [0.25, 0.3) is 22.0 Å². The zero-order chi connectivity index (χ0) is 23.8. The van der Waals surface area contributed by atoms with Crippen molar-refractivity contribution in [3.8, 4) is 22.8 Å². The van der Waals surface area contributed by atoms with Gasteiger partial charge < -0.3 is 14.8 Å². The molecule has 3 aromatic carbocycles. The second-order valence-electron chi connectivity index (χ2n) is 8.54. The number of nitrogens with zero attached hydrogens (tertiary/aromatic N) is 2. The van der Waals surface area contributed by atoms with Gasteiger partial charge in [-0.05, 0) is 56.2 Å². The van der Waals surface area contributed by atoms with Gasteiger partial charge in [0.2, 0.25) is 12.7 Å². The van der Waals surface area contributed by atoms with E-state index in [1.165, 1.54) is 4.68 Å². The first kappa shape index (κ1) is 21.7. The molecule has 5 rings (SSSR count). The SMILES string of the molecule is Cc1ccc(C)c(-c2nn(C(C)C(=O)NCc3ccc4c(c3)OCO4)c(=O)c3ccccc23)c1. The normalized spacial score (nSPS) is 13.1. The second kappa shape index (κ2) is 8.67. The maximum Gasteiger partial charge on any atom is 0.275 e. The first-order valence-corrected chi connectivity index (χ1v) is 11.2. The Hall–Kier alpha value is -4.13. The highest BCUT2D eigenvalue weighted by atomic mass is 16.7. The van der Waals surface area contributed by atoms with Crippen molar-refractivity contribution in [3.05, 3.63) is 87.7 Å². The van der Waals surface area contributed by atoms with Crippen LogP contribution >= 0.6 is 0 Å². The number of aryl methyl sites for hydroxylation is 2. The second-order valence-corrected chi connectivity index (χ2v) is 8.54. The third-order valence-corrected chi connectivity index (χ3v) is 6.13. The van der Waals surface area contributed by atoms with Crippen LogP contribution in [0.5, 0.6) is 11.5 Å². The van der Waals surface area contributed by atoms with Crippen LogP contribution in [0.4, 0.5) is 0 Å². The van der Waals surface area contributed by atoms with Gasteiger partial charge in [0.25, 0.3) is 5.56 Å². The summed E-state index contributed by atoms with van der Waals surface area (Å²) in [5.74, 6) is 1.05. The van der Waals surface area contributed by atoms with Gasteiger partial charge in [-0.1, -0.05) is 42.0 Å². The number of carbonyl (C=O) groups is 1. The van der Waals surface area contributed by atoms with Crippen molar-refractivity contribution in [1.29, 1.82) is 0 Å². The molecule has 1 aliphatic rings. The molecular weight excluding hydrogens is 430 g/mol. The van der Waals surface area contributed by atoms with Crippen LogP contribution < -0.4 is 20.3 Å². The van der Waals surface area contributed by atoms with Crippen molar-refractivity contribution < 1.29 is 14.3 Å². The highest BCUT2D eigenvalue weighted by Gasteiger charge is 2.22. The molecule has 1 unspecified atom stereocenters. The monoisotopic (exact) mass is 455 g/mol. The van der Waals surface area contributed by atoms with Crippen LogP contribution in [0.15, 0.2) is 65.5 Å². The van der Waals surface area contributed by atoms with E-state index in [0.29, 0.717) is 29.1 Å². The molecule has 34 heavy (non-hydrogen) atoms. The van der Waals surface area contributed by atoms with E-state index in [2.05, 4.69) is 11.4 Å². The highest BCUT2D eigenvalue weighted by Crippen LogP contribution is 2.32. The van der Waals surface area contributed by atoms with Gasteiger partial charge in [-0.2, -0.15) is 5.10 Å². The average molecular weight is 456 g/mol. The smallest absolute Gasteiger partial charge is 0.275 e. The Morgan fingerprint density at radius 2 is 1.79 bits per heavy atom. The molecule has 2 heterocycles. The number of rotatable bonds is 5. The Bertz CT molecular complexity index is 1470. The van der Waals surface area contributed by atoms with Gasteiger partial charge in [0.05, 0.1) is 11.1 Å². The number of fused-ring (bicyclic) bond motifs is 2. The fraction of sp³-hybridized carbons (Fsp3) is 0.222. The molecule has 172 valence electrons. The topological polar surface area (TPSA) is 82.5 Å². The number of ether oxygens (including phenoxy) is 2. The van der Waals surface area contributed by atoms with Crippen LogP contribution in [-0.2, 0) is 11.3 Å². The fourth-order valence-corrected chi connectivity index (χ4v) is 4.16. The van der Waals surface area contributed by atoms with Gasteiger partial charge in [-0.25, -0.2) is 4.68 Å². The Kier molecular flexibility index (Phi) is 5.53. The van der Waals surface area contributed by atoms with Gasteiger partial charge in [0, 0.05) is 17.5 Å². The van der Waals surface area contributed by atoms with E-state index >= 15 is 0 Å². The lowest BCUT2D eigenvalue weighted by Gasteiger charge is -2.18. The molecule has 7 nitrogen and oxygen atoms in total. The Morgan fingerprint density at radius 3 is 2.62 bits per heavy atom. The molecule has 0 saturated carbocycles. The standard InChI is InChI=1S/C27H25N3O4/c1-16-8-9-17(2)22(12-16)25-20-6-4-5-7-21(20)27(32)30(29-25)18(3)26(31)28-14-19-10-11-23-24(13-19)34-15-33-23/h4-13,18H,14-15H2,1-3H3,(H,28,31). The van der Waals surface area contributed by atoms with E-state index < -0.39 is 6.04 Å². The first-order chi connectivity index (χ1) is 16.4.